The van der Waals surface area contributed by atoms with E-state index in [0.717, 1.165) is 12.8 Å². The van der Waals surface area contributed by atoms with Gasteiger partial charge < -0.3 is 0 Å². The second-order valence-electron chi connectivity index (χ2n) is 2.98. The van der Waals surface area contributed by atoms with E-state index >= 15 is 0 Å². The third kappa shape index (κ3) is 2.13. The summed E-state index contributed by atoms with van der Waals surface area (Å²) < 4.78 is 12.6. The molecule has 1 aliphatic carbocycles. The minimum absolute atomic E-state index is 0.555. The van der Waals surface area contributed by atoms with E-state index < -0.39 is 6.17 Å². The highest BCUT2D eigenvalue weighted by Crippen LogP contribution is 2.23. The summed E-state index contributed by atoms with van der Waals surface area (Å²) in [6, 6.07) is 0. The Morgan fingerprint density at radius 2 is 2.50 bits per heavy atom. The summed E-state index contributed by atoms with van der Waals surface area (Å²) >= 11 is 0. The fourth-order valence-corrected chi connectivity index (χ4v) is 1.40. The lowest BCUT2D eigenvalue weighted by molar-refractivity contribution is 0.306. The van der Waals surface area contributed by atoms with Crippen LogP contribution in [0, 0.1) is 0 Å². The van der Waals surface area contributed by atoms with Crippen LogP contribution in [0.5, 0.6) is 0 Å². The predicted octanol–water partition coefficient (Wildman–Crippen LogP) is 3.23. The minimum atomic E-state index is -0.555. The van der Waals surface area contributed by atoms with Crippen molar-refractivity contribution in [2.24, 2.45) is 0 Å². The molecule has 1 heteroatoms. The van der Waals surface area contributed by atoms with E-state index in [1.807, 2.05) is 0 Å². The Bertz CT molecular complexity index is 127. The van der Waals surface area contributed by atoms with Gasteiger partial charge in [-0.2, -0.15) is 0 Å². The summed E-state index contributed by atoms with van der Waals surface area (Å²) in [4.78, 5) is 0. The van der Waals surface area contributed by atoms with Crippen molar-refractivity contribution < 1.29 is 4.39 Å². The van der Waals surface area contributed by atoms with Gasteiger partial charge in [0.25, 0.3) is 0 Å². The van der Waals surface area contributed by atoms with Gasteiger partial charge in [0.05, 0.1) is 0 Å². The Balaban J connectivity index is 2.33. The first kappa shape index (κ1) is 7.77. The van der Waals surface area contributed by atoms with Crippen LogP contribution in [0.2, 0.25) is 0 Å². The topological polar surface area (TPSA) is 0 Å². The van der Waals surface area contributed by atoms with Crippen LogP contribution in [0.15, 0.2) is 11.6 Å². The van der Waals surface area contributed by atoms with Crippen molar-refractivity contribution in [2.75, 3.05) is 0 Å². The molecule has 1 aliphatic rings. The first-order valence-corrected chi connectivity index (χ1v) is 4.15. The molecule has 0 bridgehead atoms. The number of allylic oxidation sites excluding steroid dienone is 2. The first-order valence-electron chi connectivity index (χ1n) is 4.15. The van der Waals surface area contributed by atoms with Crippen LogP contribution in [0.25, 0.3) is 0 Å². The normalized spacial score (nSPS) is 26.2. The van der Waals surface area contributed by atoms with Gasteiger partial charge in [-0.3, -0.25) is 0 Å². The molecule has 0 fully saturated rings. The molecule has 0 aromatic carbocycles. The van der Waals surface area contributed by atoms with Crippen molar-refractivity contribution in [3.05, 3.63) is 11.6 Å². The van der Waals surface area contributed by atoms with Crippen molar-refractivity contribution in [3.8, 4) is 0 Å². The zero-order valence-corrected chi connectivity index (χ0v) is 6.57. The van der Waals surface area contributed by atoms with Gasteiger partial charge in [0, 0.05) is 0 Å². The zero-order valence-electron chi connectivity index (χ0n) is 6.57. The molecule has 1 atom stereocenters. The lowest BCUT2D eigenvalue weighted by Gasteiger charge is -2.14. The Kier molecular flexibility index (Phi) is 2.91. The second-order valence-corrected chi connectivity index (χ2v) is 2.98. The maximum atomic E-state index is 12.6. The smallest absolute Gasteiger partial charge is 0.104 e. The Morgan fingerprint density at radius 3 is 3.00 bits per heavy atom. The highest BCUT2D eigenvalue weighted by molar-refractivity contribution is 5.06. The molecular formula is C9H15F. The average Bonchev–Trinajstić information content (AvgIpc) is 1.95. The van der Waals surface area contributed by atoms with Gasteiger partial charge in [0.2, 0.25) is 0 Å². The van der Waals surface area contributed by atoms with Crippen molar-refractivity contribution in [1.29, 1.82) is 0 Å². The second kappa shape index (κ2) is 3.75. The van der Waals surface area contributed by atoms with E-state index in [2.05, 4.69) is 13.0 Å². The number of rotatable bonds is 2. The van der Waals surface area contributed by atoms with Crippen LogP contribution in [0.3, 0.4) is 0 Å². The summed E-state index contributed by atoms with van der Waals surface area (Å²) in [5.74, 6) is 0. The van der Waals surface area contributed by atoms with Crippen molar-refractivity contribution in [1.82, 2.24) is 0 Å². The number of hydrogen-bond acceptors (Lipinski definition) is 0. The quantitative estimate of drug-likeness (QED) is 0.519. The summed E-state index contributed by atoms with van der Waals surface area (Å²) in [7, 11) is 0. The van der Waals surface area contributed by atoms with E-state index in [9.17, 15) is 4.39 Å². The molecule has 0 radical (unpaired) electrons. The van der Waals surface area contributed by atoms with Gasteiger partial charge in [-0.1, -0.05) is 25.0 Å². The monoisotopic (exact) mass is 142 g/mol. The molecule has 1 rings (SSSR count). The predicted molar refractivity (Wildman–Crippen MR) is 41.7 cm³/mol. The molecule has 0 N–H and O–H groups in total. The van der Waals surface area contributed by atoms with Crippen molar-refractivity contribution in [2.45, 2.75) is 45.2 Å². The lowest BCUT2D eigenvalue weighted by atomic mass is 9.95. The number of hydrogen-bond donors (Lipinski definition) is 0. The molecule has 0 aliphatic heterocycles. The maximum Gasteiger partial charge on any atom is 0.104 e. The van der Waals surface area contributed by atoms with Gasteiger partial charge in [-0.05, 0) is 25.7 Å². The van der Waals surface area contributed by atoms with Crippen LogP contribution in [0.1, 0.15) is 39.0 Å². The van der Waals surface area contributed by atoms with Gasteiger partial charge in [-0.15, -0.1) is 0 Å². The third-order valence-electron chi connectivity index (χ3n) is 2.01. The van der Waals surface area contributed by atoms with Gasteiger partial charge in [-0.25, -0.2) is 4.39 Å². The highest BCUT2D eigenvalue weighted by Gasteiger charge is 2.11. The zero-order chi connectivity index (χ0) is 7.40. The molecule has 0 saturated carbocycles. The Morgan fingerprint density at radius 1 is 1.70 bits per heavy atom. The van der Waals surface area contributed by atoms with Crippen LogP contribution in [0.4, 0.5) is 4.39 Å². The molecule has 0 aromatic rings. The molecule has 0 unspecified atom stereocenters. The largest absolute Gasteiger partial charge is 0.247 e. The number of alkyl halides is 1. The van der Waals surface area contributed by atoms with E-state index in [1.165, 1.54) is 18.4 Å². The minimum Gasteiger partial charge on any atom is -0.247 e. The Hall–Kier alpha value is -0.330. The van der Waals surface area contributed by atoms with Crippen LogP contribution >= 0.6 is 0 Å². The fourth-order valence-electron chi connectivity index (χ4n) is 1.40. The van der Waals surface area contributed by atoms with E-state index in [-0.39, 0.29) is 0 Å². The molecule has 10 heavy (non-hydrogen) atoms. The summed E-state index contributed by atoms with van der Waals surface area (Å²) in [5.41, 5.74) is 1.47. The lowest BCUT2D eigenvalue weighted by Crippen LogP contribution is -2.04. The third-order valence-corrected chi connectivity index (χ3v) is 2.01. The molecule has 0 heterocycles. The molecular weight excluding hydrogens is 127 g/mol. The maximum absolute atomic E-state index is 12.6. The molecule has 0 amide bonds. The van der Waals surface area contributed by atoms with Crippen LogP contribution in [-0.4, -0.2) is 6.17 Å². The summed E-state index contributed by atoms with van der Waals surface area (Å²) in [6.45, 7) is 2.17. The van der Waals surface area contributed by atoms with E-state index in [0.29, 0.717) is 6.42 Å². The highest BCUT2D eigenvalue weighted by atomic mass is 19.1. The SMILES string of the molecule is CCCC1=CC[C@H](F)CC1. The van der Waals surface area contributed by atoms with Gasteiger partial charge in [0.15, 0.2) is 0 Å². The Labute approximate surface area is 62.1 Å². The standard InChI is InChI=1S/C9H15F/c1-2-3-8-4-6-9(10)7-5-8/h4,9H,2-3,5-7H2,1H3/t9-/m0/s1. The molecule has 0 saturated heterocycles. The fraction of sp³-hybridized carbons (Fsp3) is 0.778. The van der Waals surface area contributed by atoms with E-state index in [1.54, 1.807) is 0 Å². The van der Waals surface area contributed by atoms with E-state index in [4.69, 9.17) is 0 Å². The van der Waals surface area contributed by atoms with Crippen molar-refractivity contribution >= 4 is 0 Å². The van der Waals surface area contributed by atoms with Crippen molar-refractivity contribution in [3.63, 3.8) is 0 Å². The number of halogens is 1. The first-order chi connectivity index (χ1) is 4.83. The summed E-state index contributed by atoms with van der Waals surface area (Å²) in [6.07, 6.45) is 6.31. The molecule has 0 aromatic heterocycles. The van der Waals surface area contributed by atoms with Crippen LogP contribution in [-0.2, 0) is 0 Å². The molecule has 58 valence electrons. The average molecular weight is 142 g/mol. The van der Waals surface area contributed by atoms with Gasteiger partial charge >= 0.3 is 0 Å². The van der Waals surface area contributed by atoms with Crippen LogP contribution < -0.4 is 0 Å². The summed E-state index contributed by atoms with van der Waals surface area (Å²) in [5, 5.41) is 0. The van der Waals surface area contributed by atoms with Gasteiger partial charge in [0.1, 0.15) is 6.17 Å². The molecule has 0 spiro atoms. The molecule has 0 nitrogen and oxygen atoms in total.